The Balaban J connectivity index is 0.00000218. The maximum atomic E-state index is 13.0. The molecule has 3 saturated heterocycles. The maximum absolute atomic E-state index is 13.0. The molecular weight excluding hydrogens is 427 g/mol. The molecule has 3 aliphatic heterocycles. The Labute approximate surface area is 186 Å². The molecule has 0 saturated carbocycles. The minimum Gasteiger partial charge on any atom is -0.479 e. The highest BCUT2D eigenvalue weighted by atomic mass is 35.5. The van der Waals surface area contributed by atoms with Crippen molar-refractivity contribution in [3.05, 3.63) is 38.7 Å². The number of nitrogens with zero attached hydrogens (tertiary/aromatic N) is 1. The van der Waals surface area contributed by atoms with E-state index in [1.165, 1.54) is 12.8 Å². The third kappa shape index (κ3) is 3.29. The second kappa shape index (κ2) is 7.74. The molecule has 3 aliphatic rings. The first-order valence-electron chi connectivity index (χ1n) is 10.3. The van der Waals surface area contributed by atoms with Crippen LogP contribution in [0.5, 0.6) is 5.75 Å². The Bertz CT molecular complexity index is 1050. The Morgan fingerprint density at radius 3 is 2.47 bits per heavy atom. The Morgan fingerprint density at radius 2 is 1.83 bits per heavy atom. The van der Waals surface area contributed by atoms with Gasteiger partial charge in [0.25, 0.3) is 5.91 Å². The van der Waals surface area contributed by atoms with E-state index in [4.69, 9.17) is 20.8 Å². The molecular formula is C22H26Cl2N2O4. The van der Waals surface area contributed by atoms with E-state index in [-0.39, 0.29) is 23.9 Å². The minimum absolute atomic E-state index is 0. The summed E-state index contributed by atoms with van der Waals surface area (Å²) in [5.41, 5.74) is 1.43. The number of halogens is 2. The van der Waals surface area contributed by atoms with Crippen molar-refractivity contribution in [3.8, 4) is 5.75 Å². The van der Waals surface area contributed by atoms with E-state index in [0.29, 0.717) is 45.8 Å². The average molecular weight is 453 g/mol. The van der Waals surface area contributed by atoms with Gasteiger partial charge in [0, 0.05) is 42.2 Å². The lowest BCUT2D eigenvalue weighted by Crippen LogP contribution is -2.41. The van der Waals surface area contributed by atoms with E-state index < -0.39 is 6.10 Å². The Hall–Kier alpha value is -1.76. The molecule has 1 aromatic heterocycles. The number of likely N-dealkylation sites (tertiary alicyclic amines) is 1. The molecule has 0 aliphatic carbocycles. The first-order chi connectivity index (χ1) is 13.8. The van der Waals surface area contributed by atoms with Crippen LogP contribution < -0.4 is 15.7 Å². The molecule has 6 nitrogen and oxygen atoms in total. The molecule has 8 heteroatoms. The van der Waals surface area contributed by atoms with Crippen molar-refractivity contribution >= 4 is 40.9 Å². The summed E-state index contributed by atoms with van der Waals surface area (Å²) in [4.78, 5) is 26.9. The van der Waals surface area contributed by atoms with Crippen molar-refractivity contribution < 1.29 is 13.9 Å². The highest BCUT2D eigenvalue weighted by Crippen LogP contribution is 2.43. The molecule has 5 rings (SSSR count). The predicted octanol–water partition coefficient (Wildman–Crippen LogP) is 3.46. The molecule has 5 atom stereocenters. The summed E-state index contributed by atoms with van der Waals surface area (Å²) in [6, 6.07) is 4.46. The lowest BCUT2D eigenvalue weighted by molar-refractivity contribution is -0.137. The van der Waals surface area contributed by atoms with Gasteiger partial charge >= 0.3 is 5.63 Å². The number of hydrogen-bond acceptors (Lipinski definition) is 5. The van der Waals surface area contributed by atoms with Crippen molar-refractivity contribution in [1.29, 1.82) is 0 Å². The van der Waals surface area contributed by atoms with Gasteiger partial charge in [-0.15, -0.1) is 12.4 Å². The van der Waals surface area contributed by atoms with Gasteiger partial charge in [-0.3, -0.25) is 4.79 Å². The first kappa shape index (κ1) is 21.5. The molecule has 2 bridgehead atoms. The zero-order chi connectivity index (χ0) is 20.4. The molecule has 162 valence electrons. The Kier molecular flexibility index (Phi) is 5.54. The molecule has 1 unspecified atom stereocenters. The zero-order valence-corrected chi connectivity index (χ0v) is 18.8. The summed E-state index contributed by atoms with van der Waals surface area (Å²) in [6.45, 7) is 6.94. The fourth-order valence-electron chi connectivity index (χ4n) is 5.39. The number of fused-ring (bicyclic) bond motifs is 6. The molecule has 0 spiro atoms. The van der Waals surface area contributed by atoms with Crippen molar-refractivity contribution in [2.24, 2.45) is 11.8 Å². The summed E-state index contributed by atoms with van der Waals surface area (Å²) in [6.07, 6.45) is 1.78. The molecule has 1 N–H and O–H groups in total. The van der Waals surface area contributed by atoms with Crippen molar-refractivity contribution in [2.75, 3.05) is 13.1 Å². The number of amides is 1. The van der Waals surface area contributed by atoms with E-state index in [9.17, 15) is 9.59 Å². The van der Waals surface area contributed by atoms with Crippen molar-refractivity contribution in [1.82, 2.24) is 10.2 Å². The van der Waals surface area contributed by atoms with Gasteiger partial charge in [0.2, 0.25) is 0 Å². The predicted molar refractivity (Wildman–Crippen MR) is 118 cm³/mol. The number of aryl methyl sites for hydroxylation is 1. The van der Waals surface area contributed by atoms with Gasteiger partial charge in [-0.2, -0.15) is 0 Å². The number of benzene rings is 1. The van der Waals surface area contributed by atoms with Crippen LogP contribution in [0.2, 0.25) is 5.02 Å². The summed E-state index contributed by atoms with van der Waals surface area (Å²) in [5.74, 6) is 1.47. The monoisotopic (exact) mass is 452 g/mol. The van der Waals surface area contributed by atoms with Gasteiger partial charge < -0.3 is 19.4 Å². The number of carbonyl (C=O) groups is 1. The standard InChI is InChI=1S/C22H25ClN2O4.ClH/c1-10-11(2)22(27)29-19-7-20(16(23)6-13(10)19)28-12(3)21(26)25-8-14-15(9-25)18-5-4-17(14)24-18;/h6-7,12,14-15,17-18,24H,4-5,8-9H2,1-3H3;1H/t12?,14-,15+,17-,18+;. The largest absolute Gasteiger partial charge is 0.479 e. The summed E-state index contributed by atoms with van der Waals surface area (Å²) in [7, 11) is 0. The van der Waals surface area contributed by atoms with E-state index >= 15 is 0 Å². The lowest BCUT2D eigenvalue weighted by atomic mass is 9.82. The minimum atomic E-state index is -0.660. The SMILES string of the molecule is Cc1c(C)c2cc(Cl)c(OC(C)C(=O)N3C[C@@H]4[C@H](C3)[C@@H]3CC[C@H]4N3)cc2oc1=O.Cl. The second-order valence-electron chi connectivity index (χ2n) is 8.71. The third-order valence-corrected chi connectivity index (χ3v) is 7.43. The quantitative estimate of drug-likeness (QED) is 0.721. The summed E-state index contributed by atoms with van der Waals surface area (Å²) in [5, 5.41) is 4.84. The summed E-state index contributed by atoms with van der Waals surface area (Å²) >= 11 is 6.42. The van der Waals surface area contributed by atoms with Gasteiger partial charge in [0.05, 0.1) is 5.02 Å². The van der Waals surface area contributed by atoms with Gasteiger partial charge in [0.15, 0.2) is 6.10 Å². The van der Waals surface area contributed by atoms with Crippen molar-refractivity contribution in [2.45, 2.75) is 51.8 Å². The van der Waals surface area contributed by atoms with Gasteiger partial charge in [-0.05, 0) is 57.1 Å². The highest BCUT2D eigenvalue weighted by molar-refractivity contribution is 6.32. The zero-order valence-electron chi connectivity index (χ0n) is 17.2. The van der Waals surface area contributed by atoms with E-state index in [2.05, 4.69) is 5.32 Å². The fourth-order valence-corrected chi connectivity index (χ4v) is 5.60. The number of rotatable bonds is 3. The van der Waals surface area contributed by atoms with Gasteiger partial charge in [0.1, 0.15) is 11.3 Å². The van der Waals surface area contributed by atoms with Crippen molar-refractivity contribution in [3.63, 3.8) is 0 Å². The molecule has 3 fully saturated rings. The third-order valence-electron chi connectivity index (χ3n) is 7.14. The number of nitrogens with one attached hydrogen (secondary N) is 1. The molecule has 0 radical (unpaired) electrons. The summed E-state index contributed by atoms with van der Waals surface area (Å²) < 4.78 is 11.3. The molecule has 4 heterocycles. The molecule has 30 heavy (non-hydrogen) atoms. The first-order valence-corrected chi connectivity index (χ1v) is 10.7. The number of carbonyl (C=O) groups excluding carboxylic acids is 1. The van der Waals surface area contributed by atoms with Crippen LogP contribution in [-0.2, 0) is 4.79 Å². The smallest absolute Gasteiger partial charge is 0.339 e. The second-order valence-corrected chi connectivity index (χ2v) is 9.11. The topological polar surface area (TPSA) is 71.8 Å². The van der Waals surface area contributed by atoms with Crippen LogP contribution in [0.1, 0.15) is 30.9 Å². The normalized spacial score (nSPS) is 27.8. The van der Waals surface area contributed by atoms with Crippen LogP contribution in [0.25, 0.3) is 11.0 Å². The van der Waals surface area contributed by atoms with Crippen LogP contribution in [0, 0.1) is 25.7 Å². The van der Waals surface area contributed by atoms with Crippen LogP contribution in [0.15, 0.2) is 21.3 Å². The van der Waals surface area contributed by atoms with E-state index in [0.717, 1.165) is 24.0 Å². The van der Waals surface area contributed by atoms with E-state index in [1.54, 1.807) is 26.0 Å². The molecule has 1 amide bonds. The van der Waals surface area contributed by atoms with Crippen LogP contribution in [0.4, 0.5) is 0 Å². The highest BCUT2D eigenvalue weighted by Gasteiger charge is 2.52. The van der Waals surface area contributed by atoms with Gasteiger partial charge in [-0.25, -0.2) is 4.79 Å². The average Bonchev–Trinajstić information content (AvgIpc) is 3.40. The van der Waals surface area contributed by atoms with E-state index in [1.807, 2.05) is 11.8 Å². The van der Waals surface area contributed by atoms with Crippen LogP contribution >= 0.6 is 24.0 Å². The molecule has 1 aromatic carbocycles. The maximum Gasteiger partial charge on any atom is 0.339 e. The fraction of sp³-hybridized carbons (Fsp3) is 0.545. The lowest BCUT2D eigenvalue weighted by Gasteiger charge is -2.23. The number of hydrogen-bond donors (Lipinski definition) is 1. The van der Waals surface area contributed by atoms with Crippen LogP contribution in [-0.4, -0.2) is 42.1 Å². The van der Waals surface area contributed by atoms with Crippen LogP contribution in [0.3, 0.4) is 0 Å². The Morgan fingerprint density at radius 1 is 1.20 bits per heavy atom. The number of ether oxygens (including phenoxy) is 1. The van der Waals surface area contributed by atoms with Gasteiger partial charge in [-0.1, -0.05) is 11.6 Å². The molecule has 2 aromatic rings.